The second-order valence-electron chi connectivity index (χ2n) is 5.03. The Hall–Kier alpha value is -1.69. The van der Waals surface area contributed by atoms with Crippen molar-refractivity contribution in [3.8, 4) is 0 Å². The molecule has 5 N–H and O–H groups in total. The van der Waals surface area contributed by atoms with Crippen molar-refractivity contribution in [3.63, 3.8) is 0 Å². The lowest BCUT2D eigenvalue weighted by Gasteiger charge is -2.25. The molecule has 3 heterocycles. The molecule has 0 aromatic heterocycles. The summed E-state index contributed by atoms with van der Waals surface area (Å²) >= 11 is 0. The van der Waals surface area contributed by atoms with E-state index in [4.69, 9.17) is 20.3 Å². The van der Waals surface area contributed by atoms with E-state index in [1.54, 1.807) is 0 Å². The predicted octanol–water partition coefficient (Wildman–Crippen LogP) is -2.46. The lowest BCUT2D eigenvalue weighted by molar-refractivity contribution is -0.117. The zero-order valence-electron chi connectivity index (χ0n) is 11.6. The summed E-state index contributed by atoms with van der Waals surface area (Å²) in [4.78, 5) is 42.4. The maximum absolute atomic E-state index is 11.7. The van der Waals surface area contributed by atoms with Crippen LogP contribution in [0, 0.1) is 0 Å². The number of amides is 1. The lowest BCUT2D eigenvalue weighted by atomic mass is 10.2. The first kappa shape index (κ1) is 16.2. The number of nitrogens with zero attached hydrogens (tertiary/aromatic N) is 4. The molecule has 0 bridgehead atoms. The minimum absolute atomic E-state index is 0.0271. The fourth-order valence-electron chi connectivity index (χ4n) is 2.56. The summed E-state index contributed by atoms with van der Waals surface area (Å²) in [5, 5.41) is 9.28. The van der Waals surface area contributed by atoms with Crippen LogP contribution in [-0.2, 0) is 18.6 Å². The lowest BCUT2D eigenvalue weighted by Crippen LogP contribution is -2.44. The van der Waals surface area contributed by atoms with Gasteiger partial charge in [0.1, 0.15) is 18.4 Å². The third kappa shape index (κ3) is 3.17. The average Bonchev–Trinajstić information content (AvgIpc) is 3.00. The molecule has 0 aromatic carbocycles. The molecular formula is C10H14N5O7P. The fourth-order valence-corrected chi connectivity index (χ4v) is 3.13. The first-order valence-electron chi connectivity index (χ1n) is 6.57. The van der Waals surface area contributed by atoms with E-state index in [-0.39, 0.29) is 18.2 Å². The Morgan fingerprint density at radius 1 is 1.48 bits per heavy atom. The van der Waals surface area contributed by atoms with Crippen LogP contribution in [0.1, 0.15) is 6.42 Å². The quantitative estimate of drug-likeness (QED) is 0.401. The monoisotopic (exact) mass is 347 g/mol. The number of nitrogens with two attached hydrogens (primary N) is 1. The van der Waals surface area contributed by atoms with Gasteiger partial charge in [0, 0.05) is 6.42 Å². The van der Waals surface area contributed by atoms with Gasteiger partial charge in [0.25, 0.3) is 5.91 Å². The van der Waals surface area contributed by atoms with Crippen molar-refractivity contribution in [1.82, 2.24) is 4.90 Å². The molecule has 1 saturated heterocycles. The molecule has 1 fully saturated rings. The second kappa shape index (κ2) is 5.74. The number of aliphatic hydroxyl groups excluding tert-OH is 1. The Labute approximate surface area is 129 Å². The van der Waals surface area contributed by atoms with E-state index in [9.17, 15) is 14.5 Å². The molecule has 126 valence electrons. The van der Waals surface area contributed by atoms with Gasteiger partial charge in [0.2, 0.25) is 5.96 Å². The first-order valence-corrected chi connectivity index (χ1v) is 8.10. The molecule has 23 heavy (non-hydrogen) atoms. The number of hydrogen-bond acceptors (Lipinski definition) is 9. The molecule has 0 spiro atoms. The molecule has 12 nitrogen and oxygen atoms in total. The fraction of sp³-hybridized carbons (Fsp3) is 0.600. The molecule has 0 aliphatic carbocycles. The van der Waals surface area contributed by atoms with Gasteiger partial charge in [0.05, 0.1) is 12.9 Å². The number of hydrogen-bond donors (Lipinski definition) is 4. The van der Waals surface area contributed by atoms with Crippen LogP contribution in [0.3, 0.4) is 0 Å². The van der Waals surface area contributed by atoms with Crippen molar-refractivity contribution in [1.29, 1.82) is 0 Å². The summed E-state index contributed by atoms with van der Waals surface area (Å²) in [7, 11) is -4.74. The maximum atomic E-state index is 11.7. The molecule has 3 aliphatic rings. The third-order valence-corrected chi connectivity index (χ3v) is 4.03. The number of carbonyl (C=O) groups is 1. The van der Waals surface area contributed by atoms with Crippen LogP contribution < -0.4 is 5.73 Å². The predicted molar refractivity (Wildman–Crippen MR) is 75.5 cm³/mol. The second-order valence-corrected chi connectivity index (χ2v) is 6.23. The smallest absolute Gasteiger partial charge is 0.394 e. The standard InChI is InChI=1S/C10H14N5O7P/c11-10-13-8-7(9(17)14-10)12-3-15(8)6-1-4(5(2-16)21-6)22-23(18,19)20/h3-7,16H,1-2H2,(H2,11,14,17)(H2,18,19,20). The van der Waals surface area contributed by atoms with Crippen LogP contribution >= 0.6 is 7.82 Å². The summed E-state index contributed by atoms with van der Waals surface area (Å²) < 4.78 is 21.1. The molecule has 3 rings (SSSR count). The normalized spacial score (nSPS) is 33.7. The molecule has 3 aliphatic heterocycles. The molecule has 0 saturated carbocycles. The van der Waals surface area contributed by atoms with Crippen molar-refractivity contribution < 1.29 is 33.5 Å². The zero-order chi connectivity index (χ0) is 16.8. The van der Waals surface area contributed by atoms with Gasteiger partial charge in [-0.2, -0.15) is 9.98 Å². The van der Waals surface area contributed by atoms with Gasteiger partial charge < -0.3 is 25.4 Å². The number of fused-ring (bicyclic) bond motifs is 1. The van der Waals surface area contributed by atoms with Crippen molar-refractivity contribution in [3.05, 3.63) is 0 Å². The maximum Gasteiger partial charge on any atom is 0.469 e. The number of phosphoric ester groups is 1. The molecular weight excluding hydrogens is 333 g/mol. The van der Waals surface area contributed by atoms with E-state index in [1.165, 1.54) is 11.2 Å². The van der Waals surface area contributed by atoms with Gasteiger partial charge in [-0.15, -0.1) is 0 Å². The van der Waals surface area contributed by atoms with Crippen molar-refractivity contribution >= 4 is 31.9 Å². The molecule has 13 heteroatoms. The van der Waals surface area contributed by atoms with Crippen molar-refractivity contribution in [2.45, 2.75) is 30.9 Å². The van der Waals surface area contributed by atoms with Gasteiger partial charge in [0.15, 0.2) is 11.9 Å². The Kier molecular flexibility index (Phi) is 4.04. The molecule has 0 radical (unpaired) electrons. The van der Waals surface area contributed by atoms with Crippen molar-refractivity contribution in [2.75, 3.05) is 6.61 Å². The Morgan fingerprint density at radius 2 is 2.22 bits per heavy atom. The van der Waals surface area contributed by atoms with Crippen LogP contribution in [0.25, 0.3) is 0 Å². The topological polar surface area (TPSA) is 180 Å². The Balaban J connectivity index is 1.78. The number of aliphatic hydroxyl groups is 1. The van der Waals surface area contributed by atoms with Crippen LogP contribution in [0.2, 0.25) is 0 Å². The highest BCUT2D eigenvalue weighted by Crippen LogP contribution is 2.42. The van der Waals surface area contributed by atoms with Crippen LogP contribution in [0.4, 0.5) is 0 Å². The highest BCUT2D eigenvalue weighted by molar-refractivity contribution is 7.46. The van der Waals surface area contributed by atoms with Gasteiger partial charge >= 0.3 is 7.82 Å². The number of aliphatic imine (C=N–C) groups is 3. The van der Waals surface area contributed by atoms with E-state index in [0.29, 0.717) is 0 Å². The summed E-state index contributed by atoms with van der Waals surface area (Å²) in [6, 6.07) is -0.916. The SMILES string of the molecule is NC1=NC(=O)C2N=CN(C3CC(OP(=O)(O)O)C(CO)O3)C2=N1. The Bertz CT molecular complexity index is 658. The molecule has 0 aromatic rings. The highest BCUT2D eigenvalue weighted by atomic mass is 31.2. The number of rotatable bonds is 4. The van der Waals surface area contributed by atoms with E-state index in [1.807, 2.05) is 0 Å². The summed E-state index contributed by atoms with van der Waals surface area (Å²) in [5.41, 5.74) is 5.46. The number of guanidine groups is 1. The summed E-state index contributed by atoms with van der Waals surface area (Å²) in [5.74, 6) is -0.566. The highest BCUT2D eigenvalue weighted by Gasteiger charge is 2.46. The minimum Gasteiger partial charge on any atom is -0.394 e. The number of carbonyl (C=O) groups excluding carboxylic acids is 1. The van der Waals surface area contributed by atoms with Crippen molar-refractivity contribution in [2.24, 2.45) is 20.7 Å². The zero-order valence-corrected chi connectivity index (χ0v) is 12.5. The molecule has 4 atom stereocenters. The average molecular weight is 347 g/mol. The molecule has 4 unspecified atom stereocenters. The van der Waals surface area contributed by atoms with Crippen LogP contribution in [0.5, 0.6) is 0 Å². The van der Waals surface area contributed by atoms with E-state index >= 15 is 0 Å². The van der Waals surface area contributed by atoms with Gasteiger partial charge in [-0.1, -0.05) is 0 Å². The minimum atomic E-state index is -4.74. The number of ether oxygens (including phenoxy) is 1. The third-order valence-electron chi connectivity index (χ3n) is 3.48. The van der Waals surface area contributed by atoms with Crippen LogP contribution in [-0.4, -0.2) is 74.9 Å². The summed E-state index contributed by atoms with van der Waals surface area (Å²) in [6.45, 7) is -0.495. The van der Waals surface area contributed by atoms with Gasteiger partial charge in [-0.05, 0) is 0 Å². The van der Waals surface area contributed by atoms with Gasteiger partial charge in [-0.3, -0.25) is 19.2 Å². The number of amidine groups is 1. The van der Waals surface area contributed by atoms with E-state index < -0.39 is 44.8 Å². The summed E-state index contributed by atoms with van der Waals surface area (Å²) in [6.07, 6.45) is -1.39. The molecule has 1 amide bonds. The van der Waals surface area contributed by atoms with E-state index in [2.05, 4.69) is 19.5 Å². The first-order chi connectivity index (χ1) is 10.8. The largest absolute Gasteiger partial charge is 0.469 e. The van der Waals surface area contributed by atoms with E-state index in [0.717, 1.165) is 0 Å². The Morgan fingerprint density at radius 3 is 2.87 bits per heavy atom. The van der Waals surface area contributed by atoms with Gasteiger partial charge in [-0.25, -0.2) is 4.57 Å². The van der Waals surface area contributed by atoms with Crippen LogP contribution in [0.15, 0.2) is 15.0 Å². The number of phosphoric acid groups is 1.